The number of nitrogens with one attached hydrogen (secondary N) is 2. The Hall–Kier alpha value is -2.10. The van der Waals surface area contributed by atoms with Gasteiger partial charge in [-0.05, 0) is 26.3 Å². The molecule has 0 aliphatic heterocycles. The minimum atomic E-state index is 0.771. The molecule has 0 fully saturated rings. The number of anilines is 2. The summed E-state index contributed by atoms with van der Waals surface area (Å²) in [5.41, 5.74) is 3.60. The van der Waals surface area contributed by atoms with E-state index in [0.717, 1.165) is 42.5 Å². The van der Waals surface area contributed by atoms with E-state index in [-0.39, 0.29) is 0 Å². The normalized spacial score (nSPS) is 10.5. The van der Waals surface area contributed by atoms with Crippen LogP contribution in [-0.2, 0) is 13.0 Å². The van der Waals surface area contributed by atoms with Gasteiger partial charge in [-0.1, -0.05) is 36.8 Å². The molecule has 2 aromatic rings. The van der Waals surface area contributed by atoms with E-state index in [1.807, 2.05) is 0 Å². The second kappa shape index (κ2) is 7.07. The number of hydrogen-bond acceptors (Lipinski definition) is 4. The fourth-order valence-electron chi connectivity index (χ4n) is 2.12. The summed E-state index contributed by atoms with van der Waals surface area (Å²) in [4.78, 5) is 9.15. The van der Waals surface area contributed by atoms with Crippen LogP contribution in [0.3, 0.4) is 0 Å². The van der Waals surface area contributed by atoms with Crippen LogP contribution in [0.5, 0.6) is 0 Å². The molecule has 4 heteroatoms. The van der Waals surface area contributed by atoms with Crippen molar-refractivity contribution in [3.63, 3.8) is 0 Å². The molecule has 0 unspecified atom stereocenters. The van der Waals surface area contributed by atoms with Gasteiger partial charge in [-0.3, -0.25) is 0 Å². The Kier molecular flexibility index (Phi) is 5.14. The SMILES string of the molecule is CCNc1nc(CC)nc(NCc2ccc(C)cc2)c1C. The summed E-state index contributed by atoms with van der Waals surface area (Å²) in [7, 11) is 0. The Morgan fingerprint density at radius 2 is 1.52 bits per heavy atom. The first-order valence-electron chi connectivity index (χ1n) is 7.54. The Bertz CT molecular complexity index is 590. The molecule has 2 rings (SSSR count). The maximum Gasteiger partial charge on any atom is 0.135 e. The van der Waals surface area contributed by atoms with Crippen LogP contribution in [0.1, 0.15) is 36.4 Å². The van der Waals surface area contributed by atoms with Crippen LogP contribution >= 0.6 is 0 Å². The zero-order chi connectivity index (χ0) is 15.2. The molecule has 0 spiro atoms. The van der Waals surface area contributed by atoms with E-state index >= 15 is 0 Å². The standard InChI is InChI=1S/C17H24N4/c1-5-15-20-16(18-6-2)13(4)17(21-15)19-11-14-9-7-12(3)8-10-14/h7-10H,5-6,11H2,1-4H3,(H2,18,19,20,21). The first-order valence-corrected chi connectivity index (χ1v) is 7.54. The smallest absolute Gasteiger partial charge is 0.135 e. The van der Waals surface area contributed by atoms with Crippen molar-refractivity contribution >= 4 is 11.6 Å². The van der Waals surface area contributed by atoms with Gasteiger partial charge in [0.15, 0.2) is 0 Å². The van der Waals surface area contributed by atoms with Crippen LogP contribution in [0.2, 0.25) is 0 Å². The van der Waals surface area contributed by atoms with E-state index in [9.17, 15) is 0 Å². The Labute approximate surface area is 127 Å². The van der Waals surface area contributed by atoms with Crippen LogP contribution < -0.4 is 10.6 Å². The molecule has 112 valence electrons. The van der Waals surface area contributed by atoms with Crippen LogP contribution in [-0.4, -0.2) is 16.5 Å². The third-order valence-corrected chi connectivity index (χ3v) is 3.43. The highest BCUT2D eigenvalue weighted by Crippen LogP contribution is 2.20. The lowest BCUT2D eigenvalue weighted by molar-refractivity contribution is 0.919. The average molecular weight is 284 g/mol. The topological polar surface area (TPSA) is 49.8 Å². The van der Waals surface area contributed by atoms with Gasteiger partial charge in [-0.2, -0.15) is 0 Å². The lowest BCUT2D eigenvalue weighted by atomic mass is 10.1. The van der Waals surface area contributed by atoms with Gasteiger partial charge in [-0.25, -0.2) is 9.97 Å². The summed E-state index contributed by atoms with van der Waals surface area (Å²) in [5.74, 6) is 2.71. The van der Waals surface area contributed by atoms with Crippen molar-refractivity contribution in [2.24, 2.45) is 0 Å². The molecule has 1 aromatic heterocycles. The van der Waals surface area contributed by atoms with Crippen molar-refractivity contribution in [2.75, 3.05) is 17.2 Å². The lowest BCUT2D eigenvalue weighted by Crippen LogP contribution is -2.11. The van der Waals surface area contributed by atoms with Crippen molar-refractivity contribution in [2.45, 2.75) is 40.7 Å². The molecule has 21 heavy (non-hydrogen) atoms. The van der Waals surface area contributed by atoms with Crippen molar-refractivity contribution in [1.82, 2.24) is 9.97 Å². The highest BCUT2D eigenvalue weighted by atomic mass is 15.1. The minimum absolute atomic E-state index is 0.771. The van der Waals surface area contributed by atoms with Crippen LogP contribution in [0.4, 0.5) is 11.6 Å². The number of aryl methyl sites for hydroxylation is 2. The van der Waals surface area contributed by atoms with Gasteiger partial charge in [0, 0.05) is 25.1 Å². The molecule has 0 amide bonds. The zero-order valence-electron chi connectivity index (χ0n) is 13.3. The van der Waals surface area contributed by atoms with Crippen molar-refractivity contribution in [3.8, 4) is 0 Å². The van der Waals surface area contributed by atoms with Gasteiger partial charge in [0.05, 0.1) is 0 Å². The summed E-state index contributed by atoms with van der Waals surface area (Å²) >= 11 is 0. The Morgan fingerprint density at radius 3 is 2.10 bits per heavy atom. The van der Waals surface area contributed by atoms with Crippen LogP contribution in [0.15, 0.2) is 24.3 Å². The largest absolute Gasteiger partial charge is 0.370 e. The van der Waals surface area contributed by atoms with Crippen LogP contribution in [0.25, 0.3) is 0 Å². The highest BCUT2D eigenvalue weighted by molar-refractivity contribution is 5.57. The first kappa shape index (κ1) is 15.3. The molecule has 0 saturated heterocycles. The molecule has 1 aromatic carbocycles. The molecule has 0 bridgehead atoms. The maximum atomic E-state index is 4.60. The number of rotatable bonds is 6. The summed E-state index contributed by atoms with van der Waals surface area (Å²) in [6, 6.07) is 8.55. The second-order valence-electron chi connectivity index (χ2n) is 5.19. The molecule has 0 atom stereocenters. The number of aromatic nitrogens is 2. The maximum absolute atomic E-state index is 4.60. The third kappa shape index (κ3) is 3.94. The molecule has 0 aliphatic rings. The molecule has 2 N–H and O–H groups in total. The molecular formula is C17H24N4. The monoisotopic (exact) mass is 284 g/mol. The van der Waals surface area contributed by atoms with E-state index < -0.39 is 0 Å². The van der Waals surface area contributed by atoms with E-state index in [4.69, 9.17) is 0 Å². The van der Waals surface area contributed by atoms with Gasteiger partial charge in [0.1, 0.15) is 17.5 Å². The summed E-state index contributed by atoms with van der Waals surface area (Å²) in [6.07, 6.45) is 0.831. The van der Waals surface area contributed by atoms with Gasteiger partial charge in [0.2, 0.25) is 0 Å². The molecule has 4 nitrogen and oxygen atoms in total. The molecule has 0 saturated carbocycles. The molecule has 0 aliphatic carbocycles. The number of hydrogen-bond donors (Lipinski definition) is 2. The third-order valence-electron chi connectivity index (χ3n) is 3.43. The number of nitrogens with zero attached hydrogens (tertiary/aromatic N) is 2. The summed E-state index contributed by atoms with van der Waals surface area (Å²) in [5, 5.41) is 6.74. The Balaban J connectivity index is 2.18. The van der Waals surface area contributed by atoms with Crippen molar-refractivity contribution in [3.05, 3.63) is 46.8 Å². The first-order chi connectivity index (χ1) is 10.1. The van der Waals surface area contributed by atoms with E-state index in [1.165, 1.54) is 11.1 Å². The predicted octanol–water partition coefficient (Wildman–Crippen LogP) is 3.70. The lowest BCUT2D eigenvalue weighted by Gasteiger charge is -2.14. The summed E-state index contributed by atoms with van der Waals surface area (Å²) < 4.78 is 0. The summed E-state index contributed by atoms with van der Waals surface area (Å²) in [6.45, 7) is 9.93. The highest BCUT2D eigenvalue weighted by Gasteiger charge is 2.09. The van der Waals surface area contributed by atoms with Crippen molar-refractivity contribution < 1.29 is 0 Å². The van der Waals surface area contributed by atoms with E-state index in [2.05, 4.69) is 72.6 Å². The molecule has 1 heterocycles. The molecule has 0 radical (unpaired) electrons. The minimum Gasteiger partial charge on any atom is -0.370 e. The van der Waals surface area contributed by atoms with Gasteiger partial charge >= 0.3 is 0 Å². The van der Waals surface area contributed by atoms with E-state index in [0.29, 0.717) is 0 Å². The van der Waals surface area contributed by atoms with Gasteiger partial charge in [0.25, 0.3) is 0 Å². The van der Waals surface area contributed by atoms with Crippen LogP contribution in [0, 0.1) is 13.8 Å². The Morgan fingerprint density at radius 1 is 0.905 bits per heavy atom. The zero-order valence-corrected chi connectivity index (χ0v) is 13.3. The quantitative estimate of drug-likeness (QED) is 0.849. The average Bonchev–Trinajstić information content (AvgIpc) is 2.50. The van der Waals surface area contributed by atoms with Gasteiger partial charge < -0.3 is 10.6 Å². The van der Waals surface area contributed by atoms with Crippen molar-refractivity contribution in [1.29, 1.82) is 0 Å². The molecular weight excluding hydrogens is 260 g/mol. The second-order valence-corrected chi connectivity index (χ2v) is 5.19. The number of benzene rings is 1. The fraction of sp³-hybridized carbons (Fsp3) is 0.412. The fourth-order valence-corrected chi connectivity index (χ4v) is 2.12. The van der Waals surface area contributed by atoms with E-state index in [1.54, 1.807) is 0 Å². The van der Waals surface area contributed by atoms with Gasteiger partial charge in [-0.15, -0.1) is 0 Å². The predicted molar refractivity (Wildman–Crippen MR) is 88.8 cm³/mol.